The summed E-state index contributed by atoms with van der Waals surface area (Å²) in [5, 5.41) is 26.2. The molecular weight excluding hydrogens is 376 g/mol. The van der Waals surface area contributed by atoms with Gasteiger partial charge in [-0.2, -0.15) is 0 Å². The van der Waals surface area contributed by atoms with Crippen LogP contribution in [0.15, 0.2) is 48.5 Å². The van der Waals surface area contributed by atoms with Crippen LogP contribution in [0.5, 0.6) is 0 Å². The third-order valence-electron chi connectivity index (χ3n) is 4.15. The molecule has 0 saturated carbocycles. The summed E-state index contributed by atoms with van der Waals surface area (Å²) < 4.78 is 0. The van der Waals surface area contributed by atoms with Gasteiger partial charge in [-0.05, 0) is 49.4 Å². The number of carbonyl (C=O) groups is 3. The van der Waals surface area contributed by atoms with Crippen LogP contribution in [0.2, 0.25) is 0 Å². The highest BCUT2D eigenvalue weighted by Gasteiger charge is 2.25. The normalized spacial score (nSPS) is 12.6. The van der Waals surface area contributed by atoms with Crippen LogP contribution in [0.3, 0.4) is 0 Å². The predicted octanol–water partition coefficient (Wildman–Crippen LogP) is 0.496. The van der Waals surface area contributed by atoms with Crippen molar-refractivity contribution in [3.8, 4) is 11.1 Å². The number of rotatable bonds is 8. The first-order chi connectivity index (χ1) is 13.8. The highest BCUT2D eigenvalue weighted by Crippen LogP contribution is 2.22. The Hall–Kier alpha value is -3.27. The number of carbonyl (C=O) groups excluding carboxylic acids is 3. The standard InChI is InChI=1S/C20H24N4O5/c1-12(25)18(20(28)24-29)23-19(27)15-5-3-13(4-6-15)14-7-9-16(10-8-14)22-17(26)11-21-2/h3-10,12,18,21,25,29H,11H2,1-2H3,(H,22,26)(H,23,27)(H,24,28)/t12-,18+/m1/s1. The van der Waals surface area contributed by atoms with Crippen LogP contribution < -0.4 is 21.4 Å². The Labute approximate surface area is 168 Å². The van der Waals surface area contributed by atoms with Crippen molar-refractivity contribution in [3.05, 3.63) is 54.1 Å². The first kappa shape index (κ1) is 22.0. The molecule has 0 fully saturated rings. The van der Waals surface area contributed by atoms with Gasteiger partial charge in [-0.15, -0.1) is 0 Å². The van der Waals surface area contributed by atoms with E-state index < -0.39 is 24.0 Å². The van der Waals surface area contributed by atoms with Gasteiger partial charge in [0.05, 0.1) is 12.6 Å². The van der Waals surface area contributed by atoms with Gasteiger partial charge in [0.25, 0.3) is 11.8 Å². The summed E-state index contributed by atoms with van der Waals surface area (Å²) in [6.45, 7) is 1.55. The molecule has 9 heteroatoms. The van der Waals surface area contributed by atoms with Crippen molar-refractivity contribution < 1.29 is 24.7 Å². The van der Waals surface area contributed by atoms with Crippen LogP contribution in [0.25, 0.3) is 11.1 Å². The van der Waals surface area contributed by atoms with Gasteiger partial charge in [0.15, 0.2) is 0 Å². The number of benzene rings is 2. The molecule has 6 N–H and O–H groups in total. The van der Waals surface area contributed by atoms with Gasteiger partial charge in [0.2, 0.25) is 5.91 Å². The van der Waals surface area contributed by atoms with E-state index in [2.05, 4.69) is 16.0 Å². The molecule has 0 saturated heterocycles. The molecule has 0 bridgehead atoms. The third-order valence-corrected chi connectivity index (χ3v) is 4.15. The number of anilines is 1. The fourth-order valence-corrected chi connectivity index (χ4v) is 2.63. The topological polar surface area (TPSA) is 140 Å². The van der Waals surface area contributed by atoms with Crippen molar-refractivity contribution in [2.24, 2.45) is 0 Å². The van der Waals surface area contributed by atoms with Crippen LogP contribution in [0.1, 0.15) is 17.3 Å². The molecule has 0 aliphatic heterocycles. The van der Waals surface area contributed by atoms with Crippen LogP contribution >= 0.6 is 0 Å². The maximum atomic E-state index is 12.3. The zero-order valence-electron chi connectivity index (χ0n) is 16.1. The highest BCUT2D eigenvalue weighted by molar-refractivity contribution is 5.98. The van der Waals surface area contributed by atoms with E-state index in [1.54, 1.807) is 43.4 Å². The summed E-state index contributed by atoms with van der Waals surface area (Å²) >= 11 is 0. The maximum Gasteiger partial charge on any atom is 0.268 e. The number of aliphatic hydroxyl groups is 1. The van der Waals surface area contributed by atoms with Crippen LogP contribution in [-0.4, -0.2) is 53.8 Å². The summed E-state index contributed by atoms with van der Waals surface area (Å²) in [5.74, 6) is -1.61. The molecule has 0 spiro atoms. The van der Waals surface area contributed by atoms with E-state index in [1.807, 2.05) is 12.1 Å². The summed E-state index contributed by atoms with van der Waals surface area (Å²) in [7, 11) is 1.69. The number of hydrogen-bond donors (Lipinski definition) is 6. The van der Waals surface area contributed by atoms with Crippen molar-refractivity contribution in [1.82, 2.24) is 16.1 Å². The van der Waals surface area contributed by atoms with E-state index in [9.17, 15) is 19.5 Å². The summed E-state index contributed by atoms with van der Waals surface area (Å²) in [6.07, 6.45) is -1.18. The van der Waals surface area contributed by atoms with Crippen molar-refractivity contribution in [2.75, 3.05) is 18.9 Å². The van der Waals surface area contributed by atoms with Gasteiger partial charge < -0.3 is 21.1 Å². The van der Waals surface area contributed by atoms with E-state index in [0.717, 1.165) is 11.1 Å². The monoisotopic (exact) mass is 400 g/mol. The molecule has 0 heterocycles. The minimum Gasteiger partial charge on any atom is -0.391 e. The molecule has 2 aromatic rings. The Bertz CT molecular complexity index is 850. The van der Waals surface area contributed by atoms with Crippen molar-refractivity contribution >= 4 is 23.4 Å². The van der Waals surface area contributed by atoms with E-state index in [0.29, 0.717) is 11.3 Å². The molecule has 2 atom stereocenters. The van der Waals surface area contributed by atoms with Crippen molar-refractivity contribution in [1.29, 1.82) is 0 Å². The molecule has 0 aromatic heterocycles. The van der Waals surface area contributed by atoms with Gasteiger partial charge in [-0.1, -0.05) is 24.3 Å². The summed E-state index contributed by atoms with van der Waals surface area (Å²) in [5.41, 5.74) is 4.13. The molecule has 2 aromatic carbocycles. The molecule has 0 radical (unpaired) electrons. The molecule has 9 nitrogen and oxygen atoms in total. The molecule has 0 aliphatic carbocycles. The fraction of sp³-hybridized carbons (Fsp3) is 0.250. The second-order valence-corrected chi connectivity index (χ2v) is 6.40. The molecule has 154 valence electrons. The van der Waals surface area contributed by atoms with Crippen molar-refractivity contribution in [2.45, 2.75) is 19.1 Å². The van der Waals surface area contributed by atoms with E-state index in [-0.39, 0.29) is 12.5 Å². The van der Waals surface area contributed by atoms with E-state index in [1.165, 1.54) is 12.4 Å². The van der Waals surface area contributed by atoms with Gasteiger partial charge in [-0.25, -0.2) is 5.48 Å². The number of nitrogens with one attached hydrogen (secondary N) is 4. The number of amides is 3. The van der Waals surface area contributed by atoms with Crippen molar-refractivity contribution in [3.63, 3.8) is 0 Å². The fourth-order valence-electron chi connectivity index (χ4n) is 2.63. The first-order valence-electron chi connectivity index (χ1n) is 8.93. The Kier molecular flexibility index (Phi) is 7.84. The van der Waals surface area contributed by atoms with E-state index >= 15 is 0 Å². The molecule has 3 amide bonds. The average Bonchev–Trinajstić information content (AvgIpc) is 2.72. The Balaban J connectivity index is 2.06. The number of hydroxylamine groups is 1. The van der Waals surface area contributed by atoms with Gasteiger partial charge in [-0.3, -0.25) is 19.6 Å². The second kappa shape index (κ2) is 10.3. The van der Waals surface area contributed by atoms with Gasteiger partial charge in [0, 0.05) is 11.3 Å². The smallest absolute Gasteiger partial charge is 0.268 e. The summed E-state index contributed by atoms with van der Waals surface area (Å²) in [4.78, 5) is 35.4. The third kappa shape index (κ3) is 6.11. The lowest BCUT2D eigenvalue weighted by atomic mass is 10.0. The first-order valence-corrected chi connectivity index (χ1v) is 8.93. The average molecular weight is 400 g/mol. The van der Waals surface area contributed by atoms with E-state index in [4.69, 9.17) is 5.21 Å². The maximum absolute atomic E-state index is 12.3. The summed E-state index contributed by atoms with van der Waals surface area (Å²) in [6, 6.07) is 12.6. The number of hydrogen-bond acceptors (Lipinski definition) is 6. The molecular formula is C20H24N4O5. The predicted molar refractivity (Wildman–Crippen MR) is 107 cm³/mol. The lowest BCUT2D eigenvalue weighted by Gasteiger charge is -2.19. The van der Waals surface area contributed by atoms with Crippen LogP contribution in [0.4, 0.5) is 5.69 Å². The Morgan fingerprint density at radius 3 is 2.00 bits per heavy atom. The SMILES string of the molecule is CNCC(=O)Nc1ccc(-c2ccc(C(=O)N[C@H](C(=O)NO)[C@@H](C)O)cc2)cc1. The minimum absolute atomic E-state index is 0.138. The zero-order valence-corrected chi connectivity index (χ0v) is 16.1. The lowest BCUT2D eigenvalue weighted by Crippen LogP contribution is -2.51. The second-order valence-electron chi connectivity index (χ2n) is 6.40. The minimum atomic E-state index is -1.28. The molecule has 2 rings (SSSR count). The van der Waals surface area contributed by atoms with Gasteiger partial charge in [0.1, 0.15) is 6.04 Å². The van der Waals surface area contributed by atoms with Crippen LogP contribution in [-0.2, 0) is 9.59 Å². The van der Waals surface area contributed by atoms with Crippen LogP contribution in [0, 0.1) is 0 Å². The number of likely N-dealkylation sites (N-methyl/N-ethyl adjacent to an activating group) is 1. The Morgan fingerprint density at radius 1 is 0.966 bits per heavy atom. The molecule has 0 aliphatic rings. The lowest BCUT2D eigenvalue weighted by molar-refractivity contribution is -0.133. The highest BCUT2D eigenvalue weighted by atomic mass is 16.5. The number of aliphatic hydroxyl groups excluding tert-OH is 1. The molecule has 0 unspecified atom stereocenters. The van der Waals surface area contributed by atoms with Gasteiger partial charge >= 0.3 is 0 Å². The Morgan fingerprint density at radius 2 is 1.52 bits per heavy atom. The zero-order chi connectivity index (χ0) is 21.4. The quantitative estimate of drug-likeness (QED) is 0.282. The molecule has 29 heavy (non-hydrogen) atoms. The largest absolute Gasteiger partial charge is 0.391 e.